The average Bonchev–Trinajstić information content (AvgIpc) is 3.11. The van der Waals surface area contributed by atoms with Crippen LogP contribution >= 0.6 is 0 Å². The van der Waals surface area contributed by atoms with Crippen LogP contribution in [0.5, 0.6) is 0 Å². The number of rotatable bonds is 9. The summed E-state index contributed by atoms with van der Waals surface area (Å²) >= 11 is 0. The number of carbonyl (C=O) groups excluding carboxylic acids is 1. The lowest BCUT2D eigenvalue weighted by atomic mass is 10.1. The van der Waals surface area contributed by atoms with Gasteiger partial charge < -0.3 is 10.6 Å². The fourth-order valence-electron chi connectivity index (χ4n) is 4.08. The zero-order valence-electron chi connectivity index (χ0n) is 18.0. The number of nitrogens with one attached hydrogen (secondary N) is 2. The molecule has 0 radical (unpaired) electrons. The van der Waals surface area contributed by atoms with Gasteiger partial charge in [-0.25, -0.2) is 13.2 Å². The topological polar surface area (TPSA) is 44.4 Å². The molecule has 168 valence electrons. The number of carbonyl (C=O) groups is 1. The zero-order chi connectivity index (χ0) is 22.4. The Hall–Kier alpha value is -2.38. The monoisotopic (exact) mass is 433 g/mol. The molecule has 1 aliphatic heterocycles. The molecule has 2 aromatic carbocycles. The summed E-state index contributed by atoms with van der Waals surface area (Å²) in [7, 11) is 0. The predicted molar refractivity (Wildman–Crippen MR) is 115 cm³/mol. The largest absolute Gasteiger partial charge is 0.354 e. The summed E-state index contributed by atoms with van der Waals surface area (Å²) in [6.07, 6.45) is 0.970. The molecule has 0 unspecified atom stereocenters. The molecule has 1 amide bonds. The zero-order valence-corrected chi connectivity index (χ0v) is 18.0. The minimum atomic E-state index is -0.577. The second kappa shape index (κ2) is 10.8. The fraction of sp³-hybridized carbons (Fsp3) is 0.458. The van der Waals surface area contributed by atoms with Gasteiger partial charge in [-0.05, 0) is 42.5 Å². The maximum Gasteiger partial charge on any atom is 0.237 e. The van der Waals surface area contributed by atoms with Gasteiger partial charge >= 0.3 is 0 Å². The Morgan fingerprint density at radius 3 is 2.42 bits per heavy atom. The first-order valence-electron chi connectivity index (χ1n) is 10.8. The highest BCUT2D eigenvalue weighted by Crippen LogP contribution is 2.21. The van der Waals surface area contributed by atoms with E-state index in [9.17, 15) is 18.0 Å². The third-order valence-electron chi connectivity index (χ3n) is 5.59. The van der Waals surface area contributed by atoms with Gasteiger partial charge in [-0.3, -0.25) is 9.69 Å². The van der Waals surface area contributed by atoms with Gasteiger partial charge in [0.05, 0.1) is 6.04 Å². The second-order valence-electron chi connectivity index (χ2n) is 8.51. The summed E-state index contributed by atoms with van der Waals surface area (Å²) in [6, 6.07) is 9.98. The van der Waals surface area contributed by atoms with Crippen LogP contribution < -0.4 is 10.6 Å². The van der Waals surface area contributed by atoms with Gasteiger partial charge in [0.25, 0.3) is 0 Å². The highest BCUT2D eigenvalue weighted by atomic mass is 19.1. The van der Waals surface area contributed by atoms with Crippen molar-refractivity contribution in [1.29, 1.82) is 0 Å². The van der Waals surface area contributed by atoms with E-state index in [0.29, 0.717) is 37.4 Å². The van der Waals surface area contributed by atoms with E-state index in [2.05, 4.69) is 29.4 Å². The number of benzene rings is 2. The van der Waals surface area contributed by atoms with Crippen LogP contribution in [0.3, 0.4) is 0 Å². The third kappa shape index (κ3) is 6.31. The number of amides is 1. The van der Waals surface area contributed by atoms with Gasteiger partial charge in [0.1, 0.15) is 17.5 Å². The van der Waals surface area contributed by atoms with E-state index in [1.165, 1.54) is 24.3 Å². The second-order valence-corrected chi connectivity index (χ2v) is 8.51. The number of halogens is 3. The Balaban J connectivity index is 1.57. The van der Waals surface area contributed by atoms with Crippen LogP contribution in [0, 0.1) is 23.4 Å². The summed E-state index contributed by atoms with van der Waals surface area (Å²) in [6.45, 7) is 5.97. The van der Waals surface area contributed by atoms with E-state index in [1.54, 1.807) is 18.2 Å². The Morgan fingerprint density at radius 1 is 1.06 bits per heavy atom. The van der Waals surface area contributed by atoms with Gasteiger partial charge in [0.2, 0.25) is 5.91 Å². The predicted octanol–water partition coefficient (Wildman–Crippen LogP) is 3.65. The molecule has 1 fully saturated rings. The Labute approximate surface area is 181 Å². The lowest BCUT2D eigenvalue weighted by Gasteiger charge is -2.25. The van der Waals surface area contributed by atoms with Crippen LogP contribution in [0.1, 0.15) is 31.4 Å². The van der Waals surface area contributed by atoms with Crippen molar-refractivity contribution in [2.45, 2.75) is 45.3 Å². The Kier molecular flexibility index (Phi) is 8.09. The van der Waals surface area contributed by atoms with Crippen molar-refractivity contribution >= 4 is 5.91 Å². The van der Waals surface area contributed by atoms with Crippen LogP contribution in [0.25, 0.3) is 0 Å². The quantitative estimate of drug-likeness (QED) is 0.635. The summed E-state index contributed by atoms with van der Waals surface area (Å²) in [5.41, 5.74) is 0.579. The minimum absolute atomic E-state index is 0.00991. The molecule has 0 bridgehead atoms. The lowest BCUT2D eigenvalue weighted by Crippen LogP contribution is -2.45. The Bertz CT molecular complexity index is 870. The van der Waals surface area contributed by atoms with Crippen molar-refractivity contribution in [3.05, 3.63) is 71.0 Å². The van der Waals surface area contributed by atoms with E-state index >= 15 is 0 Å². The average molecular weight is 434 g/mol. The van der Waals surface area contributed by atoms with Gasteiger partial charge in [-0.15, -0.1) is 0 Å². The molecule has 2 N–H and O–H groups in total. The van der Waals surface area contributed by atoms with Gasteiger partial charge in [0, 0.05) is 37.8 Å². The van der Waals surface area contributed by atoms with Crippen LogP contribution in [-0.2, 0) is 17.8 Å². The molecule has 7 heteroatoms. The lowest BCUT2D eigenvalue weighted by molar-refractivity contribution is -0.125. The minimum Gasteiger partial charge on any atom is -0.354 e. The Morgan fingerprint density at radius 2 is 1.74 bits per heavy atom. The first-order chi connectivity index (χ1) is 14.8. The molecular formula is C24H30F3N3O. The van der Waals surface area contributed by atoms with Crippen molar-refractivity contribution in [3.8, 4) is 0 Å². The van der Waals surface area contributed by atoms with Crippen LogP contribution in [-0.4, -0.2) is 42.5 Å². The van der Waals surface area contributed by atoms with Crippen LogP contribution in [0.15, 0.2) is 42.5 Å². The van der Waals surface area contributed by atoms with E-state index in [4.69, 9.17) is 0 Å². The SMILES string of the molecule is CC(C)CN1C[C@H](NCc2c(F)cccc2F)C[C@H]1C(=O)NCCc1ccccc1F. The molecule has 2 atom stereocenters. The summed E-state index contributed by atoms with van der Waals surface area (Å²) in [5.74, 6) is -1.16. The molecule has 2 aromatic rings. The standard InChI is InChI=1S/C24H30F3N3O/c1-16(2)14-30-15-18(29-13-19-21(26)8-5-9-22(19)27)12-23(30)24(31)28-11-10-17-6-3-4-7-20(17)25/h3-9,16,18,23,29H,10-15H2,1-2H3,(H,28,31)/t18-,23+/m1/s1. The van der Waals surface area contributed by atoms with Gasteiger partial charge in [0.15, 0.2) is 0 Å². The van der Waals surface area contributed by atoms with E-state index in [1.807, 2.05) is 0 Å². The smallest absolute Gasteiger partial charge is 0.237 e. The number of hydrogen-bond donors (Lipinski definition) is 2. The van der Waals surface area contributed by atoms with Crippen molar-refractivity contribution in [2.24, 2.45) is 5.92 Å². The van der Waals surface area contributed by atoms with Gasteiger partial charge in [-0.1, -0.05) is 38.1 Å². The molecule has 1 heterocycles. The fourth-order valence-corrected chi connectivity index (χ4v) is 4.08. The van der Waals surface area contributed by atoms with Crippen molar-refractivity contribution in [3.63, 3.8) is 0 Å². The van der Waals surface area contributed by atoms with E-state index in [0.717, 1.165) is 6.54 Å². The molecule has 31 heavy (non-hydrogen) atoms. The summed E-state index contributed by atoms with van der Waals surface area (Å²) in [5, 5.41) is 6.13. The molecule has 0 aliphatic carbocycles. The normalized spacial score (nSPS) is 19.2. The molecule has 0 spiro atoms. The molecule has 1 saturated heterocycles. The molecule has 0 saturated carbocycles. The molecule has 0 aromatic heterocycles. The highest BCUT2D eigenvalue weighted by Gasteiger charge is 2.36. The summed E-state index contributed by atoms with van der Waals surface area (Å²) in [4.78, 5) is 15.0. The number of likely N-dealkylation sites (tertiary alicyclic amines) is 1. The van der Waals surface area contributed by atoms with Crippen LogP contribution in [0.2, 0.25) is 0 Å². The maximum absolute atomic E-state index is 13.9. The van der Waals surface area contributed by atoms with Crippen LogP contribution in [0.4, 0.5) is 13.2 Å². The molecule has 3 rings (SSSR count). The van der Waals surface area contributed by atoms with E-state index < -0.39 is 11.6 Å². The summed E-state index contributed by atoms with van der Waals surface area (Å²) < 4.78 is 41.6. The molecule has 4 nitrogen and oxygen atoms in total. The van der Waals surface area contributed by atoms with E-state index in [-0.39, 0.29) is 35.9 Å². The first kappa shape index (κ1) is 23.3. The third-order valence-corrected chi connectivity index (χ3v) is 5.59. The van der Waals surface area contributed by atoms with Crippen molar-refractivity contribution in [2.75, 3.05) is 19.6 Å². The molecular weight excluding hydrogens is 403 g/mol. The number of hydrogen-bond acceptors (Lipinski definition) is 3. The van der Waals surface area contributed by atoms with Gasteiger partial charge in [-0.2, -0.15) is 0 Å². The highest BCUT2D eigenvalue weighted by molar-refractivity contribution is 5.82. The van der Waals surface area contributed by atoms with Crippen molar-refractivity contribution < 1.29 is 18.0 Å². The van der Waals surface area contributed by atoms with Crippen molar-refractivity contribution in [1.82, 2.24) is 15.5 Å². The first-order valence-corrected chi connectivity index (χ1v) is 10.8. The molecule has 1 aliphatic rings. The maximum atomic E-state index is 13.9. The number of nitrogens with zero attached hydrogens (tertiary/aromatic N) is 1.